The van der Waals surface area contributed by atoms with Crippen molar-refractivity contribution in [3.05, 3.63) is 29.6 Å². The van der Waals surface area contributed by atoms with E-state index in [2.05, 4.69) is 10.6 Å². The number of amides is 2. The topological polar surface area (TPSA) is 141 Å². The molecule has 2 fully saturated rings. The molecule has 0 spiro atoms. The molecule has 1 saturated heterocycles. The van der Waals surface area contributed by atoms with Crippen molar-refractivity contribution in [2.75, 3.05) is 25.6 Å². The Labute approximate surface area is 266 Å². The van der Waals surface area contributed by atoms with E-state index in [1.54, 1.807) is 34.8 Å². The van der Waals surface area contributed by atoms with Gasteiger partial charge in [0.2, 0.25) is 5.91 Å². The Balaban J connectivity index is 1.45. The van der Waals surface area contributed by atoms with Gasteiger partial charge in [-0.3, -0.25) is 9.69 Å². The number of nitrogens with zero attached hydrogens (tertiary/aromatic N) is 3. The second kappa shape index (κ2) is 12.7. The third kappa shape index (κ3) is 7.41. The highest BCUT2D eigenvalue weighted by Crippen LogP contribution is 2.38. The molecule has 1 aromatic carbocycles. The molecule has 0 bridgehead atoms. The number of rotatable bonds is 10. The standard InChI is InChI=1S/C32H41N5O7S/c1-8-42-28(39)32(11-12-32)36-27(38)25-14-20(16-37(25)30(40)44-31(4,5)6)43-26-15-23(24-17-45-29(35-24)33-18(2)3)34-22-13-19(41-7)9-10-21(22)26/h9-10,13,15,17-18,20,25H,8,11-12,14,16H2,1-7H3,(H,33,35)(H,36,38)/t20?,25-/m0/s1. The number of benzene rings is 1. The lowest BCUT2D eigenvalue weighted by Gasteiger charge is -2.28. The Morgan fingerprint density at radius 3 is 2.53 bits per heavy atom. The van der Waals surface area contributed by atoms with Gasteiger partial charge in [0.1, 0.15) is 40.5 Å². The van der Waals surface area contributed by atoms with E-state index in [9.17, 15) is 14.4 Å². The number of hydrogen-bond donors (Lipinski definition) is 2. The minimum absolute atomic E-state index is 0.105. The van der Waals surface area contributed by atoms with E-state index in [1.807, 2.05) is 43.5 Å². The van der Waals surface area contributed by atoms with Crippen molar-refractivity contribution in [2.24, 2.45) is 0 Å². The molecule has 13 heteroatoms. The van der Waals surface area contributed by atoms with Crippen molar-refractivity contribution in [3.63, 3.8) is 0 Å². The molecule has 1 saturated carbocycles. The van der Waals surface area contributed by atoms with Gasteiger partial charge in [-0.1, -0.05) is 0 Å². The van der Waals surface area contributed by atoms with E-state index in [-0.39, 0.29) is 25.6 Å². The first-order valence-electron chi connectivity index (χ1n) is 15.2. The Hall–Kier alpha value is -4.13. The lowest BCUT2D eigenvalue weighted by Crippen LogP contribution is -2.53. The molecule has 1 aliphatic carbocycles. The predicted molar refractivity (Wildman–Crippen MR) is 171 cm³/mol. The minimum Gasteiger partial charge on any atom is -0.497 e. The second-order valence-electron chi connectivity index (χ2n) is 12.6. The lowest BCUT2D eigenvalue weighted by atomic mass is 10.1. The fraction of sp³-hybridized carbons (Fsp3) is 0.531. The molecule has 45 heavy (non-hydrogen) atoms. The quantitative estimate of drug-likeness (QED) is 0.286. The van der Waals surface area contributed by atoms with E-state index in [0.717, 1.165) is 10.5 Å². The van der Waals surface area contributed by atoms with Crippen LogP contribution >= 0.6 is 11.3 Å². The summed E-state index contributed by atoms with van der Waals surface area (Å²) in [5.41, 5.74) is 0.115. The number of nitrogens with one attached hydrogen (secondary N) is 2. The number of hydrogen-bond acceptors (Lipinski definition) is 11. The van der Waals surface area contributed by atoms with Crippen LogP contribution in [0, 0.1) is 0 Å². The lowest BCUT2D eigenvalue weighted by molar-refractivity contribution is -0.149. The van der Waals surface area contributed by atoms with Crippen molar-refractivity contribution in [1.82, 2.24) is 20.2 Å². The Kier molecular flexibility index (Phi) is 9.11. The molecular weight excluding hydrogens is 598 g/mol. The Morgan fingerprint density at radius 1 is 1.13 bits per heavy atom. The first-order chi connectivity index (χ1) is 21.3. The normalized spacial score (nSPS) is 18.9. The van der Waals surface area contributed by atoms with Gasteiger partial charge >= 0.3 is 12.1 Å². The van der Waals surface area contributed by atoms with Crippen LogP contribution in [0.5, 0.6) is 11.5 Å². The number of methoxy groups -OCH3 is 1. The van der Waals surface area contributed by atoms with Crippen LogP contribution < -0.4 is 20.1 Å². The number of carbonyl (C=O) groups is 3. The molecule has 3 heterocycles. The van der Waals surface area contributed by atoms with Crippen LogP contribution in [-0.4, -0.2) is 82.4 Å². The third-order valence-electron chi connectivity index (χ3n) is 7.42. The first-order valence-corrected chi connectivity index (χ1v) is 16.1. The molecule has 5 rings (SSSR count). The van der Waals surface area contributed by atoms with Crippen LogP contribution in [0.4, 0.5) is 9.93 Å². The van der Waals surface area contributed by atoms with Crippen LogP contribution in [0.1, 0.15) is 60.8 Å². The number of ether oxygens (including phenoxy) is 4. The summed E-state index contributed by atoms with van der Waals surface area (Å²) in [5.74, 6) is 0.260. The summed E-state index contributed by atoms with van der Waals surface area (Å²) >= 11 is 1.49. The number of anilines is 1. The zero-order valence-electron chi connectivity index (χ0n) is 26.8. The third-order valence-corrected chi connectivity index (χ3v) is 8.20. The molecule has 2 N–H and O–H groups in total. The maximum Gasteiger partial charge on any atom is 0.411 e. The average Bonchev–Trinajstić information content (AvgIpc) is 3.39. The number of fused-ring (bicyclic) bond motifs is 1. The van der Waals surface area contributed by atoms with E-state index >= 15 is 0 Å². The molecule has 1 aliphatic heterocycles. The molecule has 2 atom stereocenters. The molecule has 2 aliphatic rings. The van der Waals surface area contributed by atoms with Gasteiger partial charge in [0, 0.05) is 35.4 Å². The van der Waals surface area contributed by atoms with E-state index in [1.165, 1.54) is 16.2 Å². The fourth-order valence-corrected chi connectivity index (χ4v) is 6.01. The highest BCUT2D eigenvalue weighted by atomic mass is 32.1. The number of esters is 1. The van der Waals surface area contributed by atoms with Gasteiger partial charge in [-0.25, -0.2) is 19.6 Å². The van der Waals surface area contributed by atoms with Crippen LogP contribution in [-0.2, 0) is 19.1 Å². The van der Waals surface area contributed by atoms with Gasteiger partial charge in [-0.15, -0.1) is 11.3 Å². The summed E-state index contributed by atoms with van der Waals surface area (Å²) in [5, 5.41) is 9.63. The van der Waals surface area contributed by atoms with Crippen molar-refractivity contribution in [2.45, 2.75) is 90.1 Å². The summed E-state index contributed by atoms with van der Waals surface area (Å²) in [6.45, 7) is 11.4. The van der Waals surface area contributed by atoms with Crippen LogP contribution in [0.3, 0.4) is 0 Å². The smallest absolute Gasteiger partial charge is 0.411 e. The van der Waals surface area contributed by atoms with Crippen LogP contribution in [0.2, 0.25) is 0 Å². The zero-order valence-corrected chi connectivity index (χ0v) is 27.6. The van der Waals surface area contributed by atoms with Gasteiger partial charge < -0.3 is 29.6 Å². The summed E-state index contributed by atoms with van der Waals surface area (Å²) in [6.07, 6.45) is -0.0284. The highest BCUT2D eigenvalue weighted by Gasteiger charge is 2.55. The molecule has 2 amide bonds. The summed E-state index contributed by atoms with van der Waals surface area (Å²) in [4.78, 5) is 50.5. The van der Waals surface area contributed by atoms with Crippen LogP contribution in [0.15, 0.2) is 29.6 Å². The minimum atomic E-state index is -1.06. The summed E-state index contributed by atoms with van der Waals surface area (Å²) in [6, 6.07) is 6.67. The number of aromatic nitrogens is 2. The van der Waals surface area contributed by atoms with Crippen LogP contribution in [0.25, 0.3) is 22.3 Å². The van der Waals surface area contributed by atoms with Gasteiger partial charge in [-0.05, 0) is 66.5 Å². The number of likely N-dealkylation sites (tertiary alicyclic amines) is 1. The summed E-state index contributed by atoms with van der Waals surface area (Å²) in [7, 11) is 1.59. The van der Waals surface area contributed by atoms with E-state index < -0.39 is 41.3 Å². The molecule has 1 unspecified atom stereocenters. The zero-order chi connectivity index (χ0) is 32.5. The van der Waals surface area contributed by atoms with Gasteiger partial charge in [-0.2, -0.15) is 0 Å². The van der Waals surface area contributed by atoms with Gasteiger partial charge in [0.15, 0.2) is 5.13 Å². The molecule has 12 nitrogen and oxygen atoms in total. The van der Waals surface area contributed by atoms with Crippen molar-refractivity contribution >= 4 is 45.3 Å². The fourth-order valence-electron chi connectivity index (χ4n) is 5.16. The van der Waals surface area contributed by atoms with E-state index in [0.29, 0.717) is 41.2 Å². The molecule has 242 valence electrons. The largest absolute Gasteiger partial charge is 0.497 e. The first kappa shape index (κ1) is 32.3. The average molecular weight is 640 g/mol. The summed E-state index contributed by atoms with van der Waals surface area (Å²) < 4.78 is 22.9. The van der Waals surface area contributed by atoms with Crippen molar-refractivity contribution in [3.8, 4) is 22.9 Å². The number of thiazole rings is 1. The Bertz CT molecular complexity index is 1580. The Morgan fingerprint density at radius 2 is 1.89 bits per heavy atom. The SMILES string of the molecule is CCOC(=O)C1(NC(=O)[C@@H]2CC(Oc3cc(-c4csc(NC(C)C)n4)nc4cc(OC)ccc34)CN2C(=O)OC(C)(C)C)CC1. The predicted octanol–water partition coefficient (Wildman–Crippen LogP) is 5.16. The molecule has 0 radical (unpaired) electrons. The second-order valence-corrected chi connectivity index (χ2v) is 13.5. The van der Waals surface area contributed by atoms with Gasteiger partial charge in [0.25, 0.3) is 0 Å². The highest BCUT2D eigenvalue weighted by molar-refractivity contribution is 7.14. The monoisotopic (exact) mass is 639 g/mol. The molecular formula is C32H41N5O7S. The number of carbonyl (C=O) groups excluding carboxylic acids is 3. The molecule has 2 aromatic heterocycles. The van der Waals surface area contributed by atoms with E-state index in [4.69, 9.17) is 28.9 Å². The molecule has 3 aromatic rings. The van der Waals surface area contributed by atoms with Crippen molar-refractivity contribution < 1.29 is 33.3 Å². The maximum absolute atomic E-state index is 13.6. The number of pyridine rings is 1. The maximum atomic E-state index is 13.6. The van der Waals surface area contributed by atoms with Crippen molar-refractivity contribution in [1.29, 1.82) is 0 Å². The van der Waals surface area contributed by atoms with Gasteiger partial charge in [0.05, 0.1) is 31.5 Å².